The van der Waals surface area contributed by atoms with E-state index >= 15 is 0 Å². The van der Waals surface area contributed by atoms with E-state index in [0.29, 0.717) is 18.3 Å². The molecular weight excluding hydrogens is 178 g/mol. The van der Waals surface area contributed by atoms with Gasteiger partial charge in [0.05, 0.1) is 6.10 Å². The summed E-state index contributed by atoms with van der Waals surface area (Å²) in [6, 6.07) is 0. The highest BCUT2D eigenvalue weighted by Gasteiger charge is 2.38. The molecule has 1 heterocycles. The average molecular weight is 195 g/mol. The molecule has 1 fully saturated rings. The third-order valence-corrected chi connectivity index (χ3v) is 3.05. The lowest BCUT2D eigenvalue weighted by molar-refractivity contribution is 0.142. The molecule has 1 saturated carbocycles. The fourth-order valence-corrected chi connectivity index (χ4v) is 1.94. The molecule has 0 bridgehead atoms. The van der Waals surface area contributed by atoms with Gasteiger partial charge in [-0.3, -0.25) is 4.68 Å². The summed E-state index contributed by atoms with van der Waals surface area (Å²) in [6.45, 7) is 5.03. The van der Waals surface area contributed by atoms with Crippen LogP contribution in [-0.4, -0.2) is 26.0 Å². The van der Waals surface area contributed by atoms with Crippen LogP contribution >= 0.6 is 0 Å². The van der Waals surface area contributed by atoms with Crippen LogP contribution in [0.15, 0.2) is 6.33 Å². The molecule has 3 unspecified atom stereocenters. The summed E-state index contributed by atoms with van der Waals surface area (Å²) in [5.41, 5.74) is 0. The first-order valence-corrected chi connectivity index (χ1v) is 5.27. The van der Waals surface area contributed by atoms with E-state index in [1.807, 2.05) is 11.6 Å². The summed E-state index contributed by atoms with van der Waals surface area (Å²) in [5.74, 6) is 2.07. The van der Waals surface area contributed by atoms with Crippen LogP contribution in [0.3, 0.4) is 0 Å². The van der Waals surface area contributed by atoms with Crippen LogP contribution in [0, 0.1) is 11.8 Å². The molecule has 78 valence electrons. The van der Waals surface area contributed by atoms with Crippen molar-refractivity contribution in [2.24, 2.45) is 11.8 Å². The Kier molecular flexibility index (Phi) is 2.54. The largest absolute Gasteiger partial charge is 0.392 e. The van der Waals surface area contributed by atoms with Crippen molar-refractivity contribution in [1.29, 1.82) is 0 Å². The number of aliphatic hydroxyl groups is 1. The smallest absolute Gasteiger partial charge is 0.138 e. The lowest BCUT2D eigenvalue weighted by Crippen LogP contribution is -2.17. The van der Waals surface area contributed by atoms with E-state index in [9.17, 15) is 5.11 Å². The van der Waals surface area contributed by atoms with E-state index in [1.54, 1.807) is 6.33 Å². The van der Waals surface area contributed by atoms with Gasteiger partial charge in [-0.05, 0) is 25.2 Å². The maximum atomic E-state index is 9.87. The van der Waals surface area contributed by atoms with E-state index in [-0.39, 0.29) is 6.10 Å². The Hall–Kier alpha value is -0.900. The second-order valence-electron chi connectivity index (χ2n) is 4.14. The number of aromatic nitrogens is 3. The first-order valence-electron chi connectivity index (χ1n) is 5.27. The number of aliphatic hydroxyl groups excluding tert-OH is 1. The van der Waals surface area contributed by atoms with Crippen LogP contribution in [0.25, 0.3) is 0 Å². The van der Waals surface area contributed by atoms with Gasteiger partial charge in [-0.2, -0.15) is 5.10 Å². The van der Waals surface area contributed by atoms with Crippen LogP contribution in [0.1, 0.15) is 26.1 Å². The Balaban J connectivity index is 1.96. The van der Waals surface area contributed by atoms with Gasteiger partial charge in [0.2, 0.25) is 0 Å². The van der Waals surface area contributed by atoms with Gasteiger partial charge in [-0.1, -0.05) is 6.92 Å². The van der Waals surface area contributed by atoms with Crippen molar-refractivity contribution in [1.82, 2.24) is 14.8 Å². The number of aryl methyl sites for hydroxylation is 1. The molecule has 1 aliphatic carbocycles. The minimum absolute atomic E-state index is 0.237. The fourth-order valence-electron chi connectivity index (χ4n) is 1.94. The topological polar surface area (TPSA) is 50.9 Å². The summed E-state index contributed by atoms with van der Waals surface area (Å²) in [6.07, 6.45) is 3.12. The highest BCUT2D eigenvalue weighted by atomic mass is 16.3. The van der Waals surface area contributed by atoms with Gasteiger partial charge in [0.25, 0.3) is 0 Å². The Labute approximate surface area is 84.0 Å². The number of rotatable bonds is 4. The summed E-state index contributed by atoms with van der Waals surface area (Å²) in [7, 11) is 0. The van der Waals surface area contributed by atoms with Gasteiger partial charge in [0.1, 0.15) is 12.2 Å². The minimum atomic E-state index is -0.237. The van der Waals surface area contributed by atoms with Crippen molar-refractivity contribution >= 4 is 0 Å². The Morgan fingerprint density at radius 3 is 3.00 bits per heavy atom. The minimum Gasteiger partial charge on any atom is -0.392 e. The zero-order chi connectivity index (χ0) is 10.1. The maximum Gasteiger partial charge on any atom is 0.138 e. The van der Waals surface area contributed by atoms with Crippen LogP contribution in [0.2, 0.25) is 0 Å². The van der Waals surface area contributed by atoms with Gasteiger partial charge < -0.3 is 5.11 Å². The van der Waals surface area contributed by atoms with Crippen LogP contribution in [0.4, 0.5) is 0 Å². The first kappa shape index (κ1) is 9.65. The quantitative estimate of drug-likeness (QED) is 0.775. The Morgan fingerprint density at radius 1 is 1.71 bits per heavy atom. The predicted octanol–water partition coefficient (Wildman–Crippen LogP) is 0.857. The molecule has 1 aromatic heterocycles. The van der Waals surface area contributed by atoms with Crippen LogP contribution in [-0.2, 0) is 13.0 Å². The zero-order valence-electron chi connectivity index (χ0n) is 8.72. The molecule has 0 saturated heterocycles. The molecule has 0 aromatic carbocycles. The Bertz CT molecular complexity index is 310. The van der Waals surface area contributed by atoms with Crippen LogP contribution in [0.5, 0.6) is 0 Å². The SMILES string of the molecule is CCn1ncnc1CC(O)C1CC1C. The molecule has 14 heavy (non-hydrogen) atoms. The van der Waals surface area contributed by atoms with E-state index < -0.39 is 0 Å². The second kappa shape index (κ2) is 3.69. The molecule has 1 N–H and O–H groups in total. The molecule has 4 heteroatoms. The molecule has 1 aliphatic rings. The summed E-state index contributed by atoms with van der Waals surface area (Å²) < 4.78 is 1.84. The molecule has 0 spiro atoms. The molecule has 4 nitrogen and oxygen atoms in total. The molecule has 3 atom stereocenters. The van der Waals surface area contributed by atoms with Crippen molar-refractivity contribution in [2.75, 3.05) is 0 Å². The molecule has 0 amide bonds. The first-order chi connectivity index (χ1) is 6.72. The maximum absolute atomic E-state index is 9.87. The zero-order valence-corrected chi connectivity index (χ0v) is 8.72. The number of nitrogens with zero attached hydrogens (tertiary/aromatic N) is 3. The van der Waals surface area contributed by atoms with Crippen molar-refractivity contribution in [3.63, 3.8) is 0 Å². The van der Waals surface area contributed by atoms with Gasteiger partial charge in [0.15, 0.2) is 0 Å². The van der Waals surface area contributed by atoms with E-state index in [2.05, 4.69) is 17.0 Å². The molecule has 0 aliphatic heterocycles. The van der Waals surface area contributed by atoms with E-state index in [4.69, 9.17) is 0 Å². The van der Waals surface area contributed by atoms with Gasteiger partial charge in [0, 0.05) is 13.0 Å². The van der Waals surface area contributed by atoms with E-state index in [1.165, 1.54) is 0 Å². The lowest BCUT2D eigenvalue weighted by atomic mass is 10.1. The highest BCUT2D eigenvalue weighted by molar-refractivity contribution is 4.95. The molecule has 2 rings (SSSR count). The third-order valence-electron chi connectivity index (χ3n) is 3.05. The molecular formula is C10H17N3O. The summed E-state index contributed by atoms with van der Waals surface area (Å²) in [5, 5.41) is 14.0. The van der Waals surface area contributed by atoms with Gasteiger partial charge in [-0.15, -0.1) is 0 Å². The average Bonchev–Trinajstić information content (AvgIpc) is 2.74. The Morgan fingerprint density at radius 2 is 2.43 bits per heavy atom. The number of hydrogen-bond donors (Lipinski definition) is 1. The molecule has 0 radical (unpaired) electrons. The second-order valence-corrected chi connectivity index (χ2v) is 4.14. The standard InChI is InChI=1S/C10H17N3O/c1-3-13-10(11-6-12-13)5-9(14)8-4-7(8)2/h6-9,14H,3-5H2,1-2H3. The van der Waals surface area contributed by atoms with Crippen molar-refractivity contribution in [3.05, 3.63) is 12.2 Å². The third kappa shape index (κ3) is 1.80. The van der Waals surface area contributed by atoms with Crippen molar-refractivity contribution < 1.29 is 5.11 Å². The van der Waals surface area contributed by atoms with Gasteiger partial charge >= 0.3 is 0 Å². The van der Waals surface area contributed by atoms with Crippen molar-refractivity contribution in [3.8, 4) is 0 Å². The number of hydrogen-bond acceptors (Lipinski definition) is 3. The summed E-state index contributed by atoms with van der Waals surface area (Å²) in [4.78, 5) is 4.15. The highest BCUT2D eigenvalue weighted by Crippen LogP contribution is 2.41. The van der Waals surface area contributed by atoms with Gasteiger partial charge in [-0.25, -0.2) is 4.98 Å². The van der Waals surface area contributed by atoms with E-state index in [0.717, 1.165) is 18.8 Å². The fraction of sp³-hybridized carbons (Fsp3) is 0.800. The van der Waals surface area contributed by atoms with Crippen molar-refractivity contribution in [2.45, 2.75) is 39.3 Å². The lowest BCUT2D eigenvalue weighted by Gasteiger charge is -2.09. The monoisotopic (exact) mass is 195 g/mol. The predicted molar refractivity (Wildman–Crippen MR) is 52.7 cm³/mol. The van der Waals surface area contributed by atoms with Crippen LogP contribution < -0.4 is 0 Å². The summed E-state index contributed by atoms with van der Waals surface area (Å²) >= 11 is 0. The molecule has 1 aromatic rings. The normalized spacial score (nSPS) is 27.6.